The summed E-state index contributed by atoms with van der Waals surface area (Å²) in [6.07, 6.45) is 1.51. The number of rotatable bonds is 4. The quantitative estimate of drug-likeness (QED) is 0.932. The molecule has 1 aliphatic heterocycles. The van der Waals surface area contributed by atoms with Crippen LogP contribution in [0.2, 0.25) is 5.02 Å². The van der Waals surface area contributed by atoms with E-state index in [-0.39, 0.29) is 17.9 Å². The Kier molecular flexibility index (Phi) is 3.96. The van der Waals surface area contributed by atoms with Crippen LogP contribution in [0.25, 0.3) is 0 Å². The zero-order valence-corrected chi connectivity index (χ0v) is 13.1. The molecule has 5 nitrogen and oxygen atoms in total. The van der Waals surface area contributed by atoms with Crippen LogP contribution in [0.5, 0.6) is 0 Å². The second-order valence-electron chi connectivity index (χ2n) is 5.28. The molecule has 1 N–H and O–H groups in total. The lowest BCUT2D eigenvalue weighted by Crippen LogP contribution is -2.30. The molecule has 0 fully saturated rings. The number of aliphatic hydroxyl groups excluding tert-OH is 1. The van der Waals surface area contributed by atoms with Gasteiger partial charge in [-0.3, -0.25) is 9.59 Å². The van der Waals surface area contributed by atoms with Gasteiger partial charge in [-0.25, -0.2) is 0 Å². The molecule has 6 heteroatoms. The fraction of sp³-hybridized carbons (Fsp3) is 0.176. The molecule has 1 aliphatic rings. The van der Waals surface area contributed by atoms with Gasteiger partial charge in [0, 0.05) is 5.02 Å². The molecule has 0 radical (unpaired) electrons. The summed E-state index contributed by atoms with van der Waals surface area (Å²) in [6.45, 7) is 1.48. The summed E-state index contributed by atoms with van der Waals surface area (Å²) in [5, 5.41) is 10.7. The van der Waals surface area contributed by atoms with Crippen molar-refractivity contribution in [2.45, 2.75) is 19.5 Å². The summed E-state index contributed by atoms with van der Waals surface area (Å²) in [4.78, 5) is 25.8. The van der Waals surface area contributed by atoms with Crippen LogP contribution in [-0.4, -0.2) is 21.7 Å². The van der Waals surface area contributed by atoms with E-state index in [1.165, 1.54) is 18.1 Å². The highest BCUT2D eigenvalue weighted by molar-refractivity contribution is 6.30. The summed E-state index contributed by atoms with van der Waals surface area (Å²) < 4.78 is 5.28. The predicted molar refractivity (Wildman–Crippen MR) is 83.8 cm³/mol. The Labute approximate surface area is 137 Å². The lowest BCUT2D eigenvalue weighted by molar-refractivity contribution is -0.130. The standard InChI is InChI=1S/C17H14ClNO4/c1-10(20)14-15(11-4-6-12(18)7-5-11)19(17(22)16(14)21)9-13-3-2-8-23-13/h2-8,15,21H,9H2,1H3/t15-/m1/s1. The number of furan rings is 1. The number of halogens is 1. The van der Waals surface area contributed by atoms with Gasteiger partial charge in [0.05, 0.1) is 24.4 Å². The number of hydrogen-bond donors (Lipinski definition) is 1. The Morgan fingerprint density at radius 2 is 2.00 bits per heavy atom. The van der Waals surface area contributed by atoms with Crippen molar-refractivity contribution in [2.75, 3.05) is 0 Å². The Bertz CT molecular complexity index is 777. The summed E-state index contributed by atoms with van der Waals surface area (Å²) in [5.41, 5.74) is 0.785. The summed E-state index contributed by atoms with van der Waals surface area (Å²) in [5.74, 6) is -0.886. The zero-order chi connectivity index (χ0) is 16.6. The van der Waals surface area contributed by atoms with Crippen LogP contribution in [0, 0.1) is 0 Å². The molecular formula is C17H14ClNO4. The number of ketones is 1. The minimum atomic E-state index is -0.664. The molecule has 0 unspecified atom stereocenters. The maximum absolute atomic E-state index is 12.4. The average Bonchev–Trinajstić information content (AvgIpc) is 3.10. The Morgan fingerprint density at radius 1 is 1.30 bits per heavy atom. The third kappa shape index (κ3) is 2.75. The van der Waals surface area contributed by atoms with Gasteiger partial charge in [-0.15, -0.1) is 0 Å². The SMILES string of the molecule is CC(=O)C1=C(O)C(=O)N(Cc2ccco2)[C@@H]1c1ccc(Cl)cc1. The molecule has 0 spiro atoms. The van der Waals surface area contributed by atoms with E-state index >= 15 is 0 Å². The van der Waals surface area contributed by atoms with E-state index in [0.717, 1.165) is 0 Å². The van der Waals surface area contributed by atoms with Crippen LogP contribution < -0.4 is 0 Å². The lowest BCUT2D eigenvalue weighted by atomic mass is 9.97. The first-order valence-corrected chi connectivity index (χ1v) is 7.39. The van der Waals surface area contributed by atoms with Gasteiger partial charge in [0.25, 0.3) is 5.91 Å². The first-order valence-electron chi connectivity index (χ1n) is 7.02. The van der Waals surface area contributed by atoms with Gasteiger partial charge < -0.3 is 14.4 Å². The van der Waals surface area contributed by atoms with Crippen molar-refractivity contribution >= 4 is 23.3 Å². The van der Waals surface area contributed by atoms with Crippen LogP contribution in [0.3, 0.4) is 0 Å². The first kappa shape index (κ1) is 15.4. The van der Waals surface area contributed by atoms with Crippen LogP contribution in [0.15, 0.2) is 58.4 Å². The fourth-order valence-corrected chi connectivity index (χ4v) is 2.86. The van der Waals surface area contributed by atoms with Gasteiger partial charge in [0.1, 0.15) is 5.76 Å². The molecule has 0 saturated carbocycles. The largest absolute Gasteiger partial charge is 0.503 e. The van der Waals surface area contributed by atoms with Gasteiger partial charge in [-0.1, -0.05) is 23.7 Å². The highest BCUT2D eigenvalue weighted by Gasteiger charge is 2.42. The number of Topliss-reactive ketones (excluding diaryl/α,β-unsaturated/α-hetero) is 1. The maximum Gasteiger partial charge on any atom is 0.290 e. The zero-order valence-electron chi connectivity index (χ0n) is 12.3. The van der Waals surface area contributed by atoms with Crippen LogP contribution in [0.1, 0.15) is 24.3 Å². The summed E-state index contributed by atoms with van der Waals surface area (Å²) >= 11 is 5.90. The number of amides is 1. The second kappa shape index (κ2) is 5.93. The fourth-order valence-electron chi connectivity index (χ4n) is 2.74. The number of benzene rings is 1. The Morgan fingerprint density at radius 3 is 2.57 bits per heavy atom. The van der Waals surface area contributed by atoms with Crippen molar-refractivity contribution in [1.29, 1.82) is 0 Å². The van der Waals surface area contributed by atoms with Crippen molar-refractivity contribution in [2.24, 2.45) is 0 Å². The van der Waals surface area contributed by atoms with E-state index in [2.05, 4.69) is 0 Å². The number of carbonyl (C=O) groups excluding carboxylic acids is 2. The van der Waals surface area contributed by atoms with E-state index < -0.39 is 17.7 Å². The average molecular weight is 332 g/mol. The molecular weight excluding hydrogens is 318 g/mol. The molecule has 1 atom stereocenters. The number of hydrogen-bond acceptors (Lipinski definition) is 4. The molecule has 1 aromatic heterocycles. The van der Waals surface area contributed by atoms with Crippen molar-refractivity contribution in [3.05, 3.63) is 70.3 Å². The van der Waals surface area contributed by atoms with Crippen LogP contribution >= 0.6 is 11.6 Å². The third-order valence-corrected chi connectivity index (χ3v) is 4.03. The maximum atomic E-state index is 12.4. The molecule has 2 aromatic rings. The van der Waals surface area contributed by atoms with Gasteiger partial charge in [0.15, 0.2) is 11.5 Å². The van der Waals surface area contributed by atoms with E-state index in [1.807, 2.05) is 0 Å². The minimum absolute atomic E-state index is 0.0869. The molecule has 1 amide bonds. The third-order valence-electron chi connectivity index (χ3n) is 3.77. The molecule has 0 bridgehead atoms. The van der Waals surface area contributed by atoms with Gasteiger partial charge in [0.2, 0.25) is 0 Å². The number of aliphatic hydroxyl groups is 1. The summed E-state index contributed by atoms with van der Waals surface area (Å²) in [7, 11) is 0. The summed E-state index contributed by atoms with van der Waals surface area (Å²) in [6, 6.07) is 9.61. The van der Waals surface area contributed by atoms with E-state index in [9.17, 15) is 14.7 Å². The van der Waals surface area contributed by atoms with Crippen LogP contribution in [-0.2, 0) is 16.1 Å². The topological polar surface area (TPSA) is 70.8 Å². The second-order valence-corrected chi connectivity index (χ2v) is 5.72. The number of carbonyl (C=O) groups is 2. The highest BCUT2D eigenvalue weighted by Crippen LogP contribution is 2.38. The minimum Gasteiger partial charge on any atom is -0.503 e. The van der Waals surface area contributed by atoms with Gasteiger partial charge in [-0.2, -0.15) is 0 Å². The monoisotopic (exact) mass is 331 g/mol. The van der Waals surface area contributed by atoms with Gasteiger partial charge in [-0.05, 0) is 36.8 Å². The molecule has 118 valence electrons. The highest BCUT2D eigenvalue weighted by atomic mass is 35.5. The van der Waals surface area contributed by atoms with E-state index in [4.69, 9.17) is 16.0 Å². The van der Waals surface area contributed by atoms with Crippen molar-refractivity contribution in [1.82, 2.24) is 4.90 Å². The van der Waals surface area contributed by atoms with Crippen molar-refractivity contribution in [3.8, 4) is 0 Å². The molecule has 3 rings (SSSR count). The first-order chi connectivity index (χ1) is 11.0. The molecule has 23 heavy (non-hydrogen) atoms. The smallest absolute Gasteiger partial charge is 0.290 e. The lowest BCUT2D eigenvalue weighted by Gasteiger charge is -2.25. The predicted octanol–water partition coefficient (Wildman–Crippen LogP) is 3.42. The molecule has 2 heterocycles. The van der Waals surface area contributed by atoms with Crippen molar-refractivity contribution < 1.29 is 19.1 Å². The van der Waals surface area contributed by atoms with E-state index in [1.54, 1.807) is 36.4 Å². The van der Waals surface area contributed by atoms with E-state index in [0.29, 0.717) is 16.3 Å². The number of nitrogens with zero attached hydrogens (tertiary/aromatic N) is 1. The van der Waals surface area contributed by atoms with Crippen molar-refractivity contribution in [3.63, 3.8) is 0 Å². The Balaban J connectivity index is 2.05. The van der Waals surface area contributed by atoms with Crippen LogP contribution in [0.4, 0.5) is 0 Å². The molecule has 1 aromatic carbocycles. The molecule has 0 aliphatic carbocycles. The normalized spacial score (nSPS) is 17.9. The Hall–Kier alpha value is -2.53. The molecule has 0 saturated heterocycles. The van der Waals surface area contributed by atoms with Gasteiger partial charge >= 0.3 is 0 Å².